The van der Waals surface area contributed by atoms with Gasteiger partial charge in [-0.3, -0.25) is 9.98 Å². The van der Waals surface area contributed by atoms with Crippen molar-refractivity contribution < 1.29 is 46.8 Å². The first-order chi connectivity index (χ1) is 18.2. The second-order valence-electron chi connectivity index (χ2n) is 9.66. The smallest absolute Gasteiger partial charge is 0.550 e. The molecule has 1 radical (unpaired) electrons. The Morgan fingerprint density at radius 3 is 1.30 bits per heavy atom. The van der Waals surface area contributed by atoms with Gasteiger partial charge in [-0.25, -0.2) is 0 Å². The summed E-state index contributed by atoms with van der Waals surface area (Å²) < 4.78 is 0. The molecule has 0 aliphatic heterocycles. The fourth-order valence-electron chi connectivity index (χ4n) is 3.47. The van der Waals surface area contributed by atoms with Gasteiger partial charge in [-0.1, -0.05) is 53.7 Å². The van der Waals surface area contributed by atoms with E-state index in [0.29, 0.717) is 36.4 Å². The molecule has 0 unspecified atom stereocenters. The number of phenolic OH excluding ortho intramolecular Hbond substituents is 2. The molecule has 2 N–H and O–H groups in total. The van der Waals surface area contributed by atoms with Crippen molar-refractivity contribution in [2.75, 3.05) is 13.1 Å². The third kappa shape index (κ3) is 15.4. The van der Waals surface area contributed by atoms with E-state index < -0.39 is 11.9 Å². The van der Waals surface area contributed by atoms with Gasteiger partial charge in [0.1, 0.15) is 11.5 Å². The molecule has 223 valence electrons. The van der Waals surface area contributed by atoms with Gasteiger partial charge in [0.2, 0.25) is 0 Å². The normalized spacial score (nSPS) is 10.7. The van der Waals surface area contributed by atoms with E-state index in [2.05, 4.69) is 63.7 Å². The number of aryl methyl sites for hydroxylation is 2. The van der Waals surface area contributed by atoms with Gasteiger partial charge in [0.15, 0.2) is 0 Å². The minimum Gasteiger partial charge on any atom is -0.550 e. The molecule has 0 amide bonds. The van der Waals surface area contributed by atoms with E-state index in [9.17, 15) is 10.2 Å². The number of phenols is 2. The Balaban J connectivity index is 0. The number of carbonyl (C=O) groups excluding carboxylic acids is 2. The van der Waals surface area contributed by atoms with Crippen molar-refractivity contribution in [2.45, 2.75) is 86.5 Å². The van der Waals surface area contributed by atoms with Crippen LogP contribution in [0.3, 0.4) is 0 Å². The van der Waals surface area contributed by atoms with E-state index in [-0.39, 0.29) is 16.8 Å². The molecule has 0 saturated carbocycles. The zero-order valence-corrected chi connectivity index (χ0v) is 26.0. The van der Waals surface area contributed by atoms with Crippen molar-refractivity contribution in [3.8, 4) is 11.5 Å². The van der Waals surface area contributed by atoms with Gasteiger partial charge >= 0.3 is 16.8 Å². The SMILES string of the molecule is CC(=O)[O-].CC(=O)[O-].CCc1cc(C(C)C)cc(C=NCCCN=Cc2cc(C(C)C)cc(CC)c2O)c1O.[Co+2]. The summed E-state index contributed by atoms with van der Waals surface area (Å²) in [6, 6.07) is 8.21. The van der Waals surface area contributed by atoms with Crippen molar-refractivity contribution in [2.24, 2.45) is 9.98 Å². The monoisotopic (exact) mass is 599 g/mol. The molecule has 0 aromatic heterocycles. The number of carboxylic acids is 2. The standard InChI is InChI=1S/C27H38N2O2.2C2H4O2.Co/c1-7-20-12-22(18(3)4)14-24(26(20)30)16-28-10-9-11-29-17-25-15-23(19(5)6)13-21(8-2)27(25)31;2*1-2(3)4;/h12-19,30-31H,7-11H2,1-6H3;2*1H3,(H,3,4);/q;;;+2/p-2. The molecule has 2 aromatic rings. The second kappa shape index (κ2) is 20.7. The predicted octanol–water partition coefficient (Wildman–Crippen LogP) is 3.91. The first-order valence-corrected chi connectivity index (χ1v) is 13.3. The Bertz CT molecular complexity index is 1030. The zero-order valence-electron chi connectivity index (χ0n) is 24.9. The van der Waals surface area contributed by atoms with Gasteiger partial charge in [-0.2, -0.15) is 0 Å². The molecule has 0 fully saturated rings. The fourth-order valence-corrected chi connectivity index (χ4v) is 3.47. The average molecular weight is 600 g/mol. The number of rotatable bonds is 10. The van der Waals surface area contributed by atoms with Crippen LogP contribution in [0.1, 0.15) is 107 Å². The van der Waals surface area contributed by atoms with Crippen LogP contribution >= 0.6 is 0 Å². The van der Waals surface area contributed by atoms with Crippen LogP contribution in [0.4, 0.5) is 0 Å². The summed E-state index contributed by atoms with van der Waals surface area (Å²) in [5.41, 5.74) is 5.94. The summed E-state index contributed by atoms with van der Waals surface area (Å²) in [5.74, 6) is -0.681. The summed E-state index contributed by atoms with van der Waals surface area (Å²) in [6.45, 7) is 16.0. The van der Waals surface area contributed by atoms with E-state index in [0.717, 1.165) is 55.4 Å². The van der Waals surface area contributed by atoms with Crippen LogP contribution in [-0.2, 0) is 39.2 Å². The topological polar surface area (TPSA) is 145 Å². The minimum atomic E-state index is -1.08. The second-order valence-corrected chi connectivity index (χ2v) is 9.66. The summed E-state index contributed by atoms with van der Waals surface area (Å²) in [5, 5.41) is 38.7. The number of aliphatic imine (C=N–C) groups is 2. The molecule has 0 aliphatic rings. The van der Waals surface area contributed by atoms with E-state index in [1.807, 2.05) is 12.1 Å². The molecule has 0 saturated heterocycles. The molecule has 2 aromatic carbocycles. The molecule has 0 heterocycles. The molecule has 0 aliphatic carbocycles. The van der Waals surface area contributed by atoms with Gasteiger partial charge < -0.3 is 30.0 Å². The van der Waals surface area contributed by atoms with Crippen LogP contribution in [-0.4, -0.2) is 47.7 Å². The van der Waals surface area contributed by atoms with Gasteiger partial charge in [0.05, 0.1) is 0 Å². The summed E-state index contributed by atoms with van der Waals surface area (Å²) in [6.07, 6.45) is 5.95. The van der Waals surface area contributed by atoms with Crippen LogP contribution in [0.25, 0.3) is 0 Å². The molecule has 0 spiro atoms. The van der Waals surface area contributed by atoms with Crippen molar-refractivity contribution in [3.05, 3.63) is 57.6 Å². The molecular formula is C31H44CoN2O6. The number of hydrogen-bond donors (Lipinski definition) is 2. The molecule has 40 heavy (non-hydrogen) atoms. The Kier molecular flexibility index (Phi) is 20.2. The van der Waals surface area contributed by atoms with Crippen LogP contribution in [0, 0.1) is 0 Å². The number of carbonyl (C=O) groups is 2. The van der Waals surface area contributed by atoms with Gasteiger partial charge in [-0.05, 0) is 79.3 Å². The van der Waals surface area contributed by atoms with E-state index >= 15 is 0 Å². The number of nitrogens with zero attached hydrogens (tertiary/aromatic N) is 2. The quantitative estimate of drug-likeness (QED) is 0.313. The summed E-state index contributed by atoms with van der Waals surface area (Å²) >= 11 is 0. The molecule has 8 nitrogen and oxygen atoms in total. The Morgan fingerprint density at radius 1 is 0.750 bits per heavy atom. The predicted molar refractivity (Wildman–Crippen MR) is 154 cm³/mol. The maximum absolute atomic E-state index is 10.5. The van der Waals surface area contributed by atoms with Gasteiger partial charge in [-0.15, -0.1) is 0 Å². The van der Waals surface area contributed by atoms with Crippen LogP contribution in [0.5, 0.6) is 11.5 Å². The average Bonchev–Trinajstić information content (AvgIpc) is 2.84. The Hall–Kier alpha value is -3.17. The molecule has 0 bridgehead atoms. The van der Waals surface area contributed by atoms with Crippen molar-refractivity contribution in [3.63, 3.8) is 0 Å². The molecule has 0 atom stereocenters. The molecule has 2 rings (SSSR count). The largest absolute Gasteiger partial charge is 2.00 e. The molecular weight excluding hydrogens is 555 g/mol. The zero-order chi connectivity index (χ0) is 30.1. The maximum Gasteiger partial charge on any atom is 2.00 e. The van der Waals surface area contributed by atoms with E-state index in [4.69, 9.17) is 19.8 Å². The number of aromatic hydroxyl groups is 2. The minimum absolute atomic E-state index is 0. The fraction of sp³-hybridized carbons (Fsp3) is 0.484. The van der Waals surface area contributed by atoms with Crippen LogP contribution in [0.2, 0.25) is 0 Å². The number of benzene rings is 2. The first kappa shape index (κ1) is 39.0. The number of aliphatic carboxylic acids is 2. The van der Waals surface area contributed by atoms with Crippen molar-refractivity contribution in [1.82, 2.24) is 0 Å². The van der Waals surface area contributed by atoms with Gasteiger partial charge in [0.25, 0.3) is 0 Å². The van der Waals surface area contributed by atoms with Crippen LogP contribution in [0.15, 0.2) is 34.3 Å². The maximum atomic E-state index is 10.5. The van der Waals surface area contributed by atoms with Crippen LogP contribution < -0.4 is 10.2 Å². The molecule has 9 heteroatoms. The number of hydrogen-bond acceptors (Lipinski definition) is 8. The van der Waals surface area contributed by atoms with E-state index in [1.54, 1.807) is 12.4 Å². The van der Waals surface area contributed by atoms with E-state index in [1.165, 1.54) is 11.1 Å². The van der Waals surface area contributed by atoms with Gasteiger partial charge in [0, 0.05) is 48.6 Å². The van der Waals surface area contributed by atoms with Crippen molar-refractivity contribution in [1.29, 1.82) is 0 Å². The Morgan fingerprint density at radius 2 is 1.05 bits per heavy atom. The summed E-state index contributed by atoms with van der Waals surface area (Å²) in [7, 11) is 0. The Labute approximate surface area is 249 Å². The third-order valence-electron chi connectivity index (χ3n) is 5.61. The summed E-state index contributed by atoms with van der Waals surface area (Å²) in [4.78, 5) is 26.8. The number of carboxylic acid groups (broad SMARTS) is 2. The van der Waals surface area contributed by atoms with Crippen molar-refractivity contribution >= 4 is 24.4 Å². The third-order valence-corrected chi connectivity index (χ3v) is 5.61. The first-order valence-electron chi connectivity index (χ1n) is 13.3.